The molecule has 23 heavy (non-hydrogen) atoms. The SMILES string of the molecule is COc1ccc2nc(C)cc(SCC(NC(C)=O)C(=O)[O-])c2c1. The molecule has 0 aliphatic rings. The number of carbonyl (C=O) groups is 2. The number of carbonyl (C=O) groups excluding carboxylic acids is 2. The smallest absolute Gasteiger partial charge is 0.217 e. The zero-order valence-corrected chi connectivity index (χ0v) is 13.9. The molecule has 2 aromatic rings. The highest BCUT2D eigenvalue weighted by atomic mass is 32.2. The van der Waals surface area contributed by atoms with Crippen LogP contribution < -0.4 is 15.2 Å². The summed E-state index contributed by atoms with van der Waals surface area (Å²) in [6.07, 6.45) is 0. The molecule has 122 valence electrons. The number of carboxylic acid groups (broad SMARTS) is 1. The molecule has 6 nitrogen and oxygen atoms in total. The number of carboxylic acids is 1. The van der Waals surface area contributed by atoms with E-state index in [1.165, 1.54) is 18.7 Å². The molecule has 0 radical (unpaired) electrons. The first-order valence-electron chi connectivity index (χ1n) is 6.97. The summed E-state index contributed by atoms with van der Waals surface area (Å²) in [6, 6.07) is 6.37. The lowest BCUT2D eigenvalue weighted by atomic mass is 10.2. The lowest BCUT2D eigenvalue weighted by molar-refractivity contribution is -0.307. The molecule has 1 heterocycles. The van der Waals surface area contributed by atoms with Crippen molar-refractivity contribution in [1.29, 1.82) is 0 Å². The maximum atomic E-state index is 11.1. The normalized spacial score (nSPS) is 12.0. The lowest BCUT2D eigenvalue weighted by Gasteiger charge is -2.19. The van der Waals surface area contributed by atoms with Gasteiger partial charge in [-0.05, 0) is 31.2 Å². The molecule has 0 bridgehead atoms. The molecule has 0 spiro atoms. The summed E-state index contributed by atoms with van der Waals surface area (Å²) < 4.78 is 5.23. The largest absolute Gasteiger partial charge is 0.548 e. The number of ether oxygens (including phenoxy) is 1. The monoisotopic (exact) mass is 333 g/mol. The zero-order chi connectivity index (χ0) is 17.0. The molecule has 0 aliphatic carbocycles. The molecule has 1 amide bonds. The standard InChI is InChI=1S/C16H18N2O4S/c1-9-6-15(23-8-14(16(20)21)18-10(2)19)12-7-11(22-3)4-5-13(12)17-9/h4-7,14H,8H2,1-3H3,(H,18,19)(H,20,21)/p-1. The predicted molar refractivity (Wildman–Crippen MR) is 86.4 cm³/mol. The second-order valence-corrected chi connectivity index (χ2v) is 6.09. The van der Waals surface area contributed by atoms with Gasteiger partial charge in [0.15, 0.2) is 0 Å². The van der Waals surface area contributed by atoms with E-state index >= 15 is 0 Å². The number of methoxy groups -OCH3 is 1. The van der Waals surface area contributed by atoms with Crippen LogP contribution in [0, 0.1) is 6.92 Å². The van der Waals surface area contributed by atoms with Gasteiger partial charge in [0.2, 0.25) is 5.91 Å². The van der Waals surface area contributed by atoms with Crippen LogP contribution in [-0.4, -0.2) is 35.8 Å². The number of benzene rings is 1. The number of nitrogens with one attached hydrogen (secondary N) is 1. The molecule has 1 atom stereocenters. The van der Waals surface area contributed by atoms with Gasteiger partial charge in [-0.15, -0.1) is 11.8 Å². The number of nitrogens with zero attached hydrogens (tertiary/aromatic N) is 1. The Hall–Kier alpha value is -2.28. The van der Waals surface area contributed by atoms with Crippen molar-refractivity contribution in [3.8, 4) is 5.75 Å². The first kappa shape index (κ1) is 17.1. The van der Waals surface area contributed by atoms with Gasteiger partial charge >= 0.3 is 0 Å². The van der Waals surface area contributed by atoms with E-state index in [0.717, 1.165) is 21.5 Å². The van der Waals surface area contributed by atoms with Gasteiger partial charge in [0, 0.05) is 28.7 Å². The van der Waals surface area contributed by atoms with Gasteiger partial charge in [-0.1, -0.05) is 0 Å². The van der Waals surface area contributed by atoms with Crippen LogP contribution in [-0.2, 0) is 9.59 Å². The average Bonchev–Trinajstić information content (AvgIpc) is 2.50. The van der Waals surface area contributed by atoms with Crippen LogP contribution in [0.2, 0.25) is 0 Å². The fraction of sp³-hybridized carbons (Fsp3) is 0.312. The van der Waals surface area contributed by atoms with Gasteiger partial charge in [0.1, 0.15) is 5.75 Å². The van der Waals surface area contributed by atoms with Gasteiger partial charge in [-0.2, -0.15) is 0 Å². The predicted octanol–water partition coefficient (Wildman–Crippen LogP) is 0.899. The van der Waals surface area contributed by atoms with Crippen LogP contribution in [0.4, 0.5) is 0 Å². The van der Waals surface area contributed by atoms with E-state index < -0.39 is 17.9 Å². The van der Waals surface area contributed by atoms with E-state index in [9.17, 15) is 14.7 Å². The third kappa shape index (κ3) is 4.35. The highest BCUT2D eigenvalue weighted by molar-refractivity contribution is 7.99. The molecule has 0 saturated heterocycles. The molecule has 7 heteroatoms. The summed E-state index contributed by atoms with van der Waals surface area (Å²) in [6.45, 7) is 3.15. The van der Waals surface area contributed by atoms with Crippen molar-refractivity contribution in [2.75, 3.05) is 12.9 Å². The third-order valence-corrected chi connectivity index (χ3v) is 4.32. The van der Waals surface area contributed by atoms with E-state index in [1.54, 1.807) is 7.11 Å². The van der Waals surface area contributed by atoms with Gasteiger partial charge in [-0.25, -0.2) is 0 Å². The van der Waals surface area contributed by atoms with E-state index in [4.69, 9.17) is 4.74 Å². The average molecular weight is 333 g/mol. The van der Waals surface area contributed by atoms with Crippen LogP contribution in [0.3, 0.4) is 0 Å². The Morgan fingerprint density at radius 3 is 2.74 bits per heavy atom. The Morgan fingerprint density at radius 1 is 1.39 bits per heavy atom. The van der Waals surface area contributed by atoms with Crippen LogP contribution in [0.15, 0.2) is 29.2 Å². The van der Waals surface area contributed by atoms with Crippen LogP contribution in [0.25, 0.3) is 10.9 Å². The van der Waals surface area contributed by atoms with E-state index in [-0.39, 0.29) is 5.75 Å². The summed E-state index contributed by atoms with van der Waals surface area (Å²) in [7, 11) is 1.58. The molecule has 1 N–H and O–H groups in total. The number of hydrogen-bond donors (Lipinski definition) is 1. The minimum absolute atomic E-state index is 0.164. The van der Waals surface area contributed by atoms with Crippen LogP contribution in [0.1, 0.15) is 12.6 Å². The maximum absolute atomic E-state index is 11.1. The zero-order valence-electron chi connectivity index (χ0n) is 13.1. The number of amides is 1. The molecule has 1 aromatic carbocycles. The molecule has 0 fully saturated rings. The Bertz CT molecular complexity index is 748. The first-order chi connectivity index (χ1) is 10.9. The fourth-order valence-corrected chi connectivity index (χ4v) is 3.27. The van der Waals surface area contributed by atoms with Crippen molar-refractivity contribution in [2.24, 2.45) is 0 Å². The topological polar surface area (TPSA) is 91.3 Å². The van der Waals surface area contributed by atoms with Crippen molar-refractivity contribution in [1.82, 2.24) is 10.3 Å². The van der Waals surface area contributed by atoms with Crippen molar-refractivity contribution in [2.45, 2.75) is 24.8 Å². The first-order valence-corrected chi connectivity index (χ1v) is 7.95. The lowest BCUT2D eigenvalue weighted by Crippen LogP contribution is -2.48. The second kappa shape index (κ2) is 7.32. The summed E-state index contributed by atoms with van der Waals surface area (Å²) in [4.78, 5) is 27.5. The third-order valence-electron chi connectivity index (χ3n) is 3.17. The van der Waals surface area contributed by atoms with Crippen molar-refractivity contribution < 1.29 is 19.4 Å². The Kier molecular flexibility index (Phi) is 5.44. The van der Waals surface area contributed by atoms with Gasteiger partial charge in [-0.3, -0.25) is 9.78 Å². The Labute approximate surface area is 138 Å². The number of aliphatic carboxylic acids is 1. The minimum atomic E-state index is -1.31. The molecular formula is C16H17N2O4S-. The summed E-state index contributed by atoms with van der Waals surface area (Å²) in [5.41, 5.74) is 1.63. The fourth-order valence-electron chi connectivity index (χ4n) is 2.13. The number of aromatic nitrogens is 1. The van der Waals surface area contributed by atoms with Crippen molar-refractivity contribution >= 4 is 34.5 Å². The number of rotatable bonds is 6. The van der Waals surface area contributed by atoms with Crippen LogP contribution >= 0.6 is 11.8 Å². The molecule has 1 aromatic heterocycles. The van der Waals surface area contributed by atoms with Crippen molar-refractivity contribution in [3.63, 3.8) is 0 Å². The number of aryl methyl sites for hydroxylation is 1. The maximum Gasteiger partial charge on any atom is 0.217 e. The molecule has 0 aliphatic heterocycles. The number of pyridine rings is 1. The number of hydrogen-bond acceptors (Lipinski definition) is 6. The molecule has 1 unspecified atom stereocenters. The minimum Gasteiger partial charge on any atom is -0.548 e. The Morgan fingerprint density at radius 2 is 2.13 bits per heavy atom. The van der Waals surface area contributed by atoms with Gasteiger partial charge in [0.25, 0.3) is 0 Å². The van der Waals surface area contributed by atoms with Gasteiger partial charge in [0.05, 0.1) is 24.6 Å². The van der Waals surface area contributed by atoms with Crippen molar-refractivity contribution in [3.05, 3.63) is 30.0 Å². The number of thioether (sulfide) groups is 1. The molecular weight excluding hydrogens is 316 g/mol. The summed E-state index contributed by atoms with van der Waals surface area (Å²) in [5, 5.41) is 14.4. The summed E-state index contributed by atoms with van der Waals surface area (Å²) >= 11 is 1.33. The molecule has 0 saturated carbocycles. The van der Waals surface area contributed by atoms with E-state index in [0.29, 0.717) is 5.75 Å². The van der Waals surface area contributed by atoms with Gasteiger partial charge < -0.3 is 20.0 Å². The van der Waals surface area contributed by atoms with E-state index in [1.807, 2.05) is 31.2 Å². The second-order valence-electron chi connectivity index (χ2n) is 5.03. The number of fused-ring (bicyclic) bond motifs is 1. The van der Waals surface area contributed by atoms with Crippen LogP contribution in [0.5, 0.6) is 5.75 Å². The summed E-state index contributed by atoms with van der Waals surface area (Å²) in [5.74, 6) is -0.849. The highest BCUT2D eigenvalue weighted by Gasteiger charge is 2.14. The Balaban J connectivity index is 2.30. The highest BCUT2D eigenvalue weighted by Crippen LogP contribution is 2.30. The molecule has 2 rings (SSSR count). The van der Waals surface area contributed by atoms with E-state index in [2.05, 4.69) is 10.3 Å². The quantitative estimate of drug-likeness (QED) is 0.790.